The Hall–Kier alpha value is -2.55. The third-order valence-electron chi connectivity index (χ3n) is 4.10. The summed E-state index contributed by atoms with van der Waals surface area (Å²) in [6, 6.07) is 16.2. The van der Waals surface area contributed by atoms with Gasteiger partial charge in [-0.1, -0.05) is 55.8 Å². The third-order valence-corrected chi connectivity index (χ3v) is 4.10. The quantitative estimate of drug-likeness (QED) is 0.756. The summed E-state index contributed by atoms with van der Waals surface area (Å²) in [5.41, 5.74) is 6.02. The van der Waals surface area contributed by atoms with Crippen LogP contribution in [-0.2, 0) is 0 Å². The smallest absolute Gasteiger partial charge is 0.275 e. The van der Waals surface area contributed by atoms with Gasteiger partial charge in [0.05, 0.1) is 11.4 Å². The Morgan fingerprint density at radius 2 is 1.65 bits per heavy atom. The van der Waals surface area contributed by atoms with Crippen LogP contribution in [0.2, 0.25) is 0 Å². The van der Waals surface area contributed by atoms with E-state index in [1.54, 1.807) is 4.68 Å². The van der Waals surface area contributed by atoms with E-state index in [1.165, 1.54) is 5.56 Å². The first-order valence-electron chi connectivity index (χ1n) is 7.96. The van der Waals surface area contributed by atoms with Crippen molar-refractivity contribution in [2.24, 2.45) is 0 Å². The lowest BCUT2D eigenvalue weighted by atomic mass is 9.99. The molecule has 0 amide bonds. The Kier molecular flexibility index (Phi) is 3.95. The van der Waals surface area contributed by atoms with Crippen LogP contribution in [0.3, 0.4) is 0 Å². The maximum atomic E-state index is 12.9. The lowest BCUT2D eigenvalue weighted by Crippen LogP contribution is -2.18. The van der Waals surface area contributed by atoms with Crippen molar-refractivity contribution >= 4 is 0 Å². The minimum atomic E-state index is 0.0289. The maximum Gasteiger partial charge on any atom is 0.275 e. The standard InChI is InChI=1S/C20H22N2O/c1-13(2)18-19(16-10-8-14(3)9-11-16)21-22(20(18)23)17-7-5-6-15(4)12-17/h5-13,21H,1-4H3. The number of rotatable bonds is 3. The van der Waals surface area contributed by atoms with Gasteiger partial charge in [-0.2, -0.15) is 0 Å². The molecule has 3 aromatic rings. The van der Waals surface area contributed by atoms with Gasteiger partial charge in [-0.15, -0.1) is 0 Å². The van der Waals surface area contributed by atoms with Gasteiger partial charge in [0.25, 0.3) is 5.56 Å². The Labute approximate surface area is 136 Å². The highest BCUT2D eigenvalue weighted by atomic mass is 16.1. The first-order chi connectivity index (χ1) is 11.0. The Bertz CT molecular complexity index is 883. The van der Waals surface area contributed by atoms with Crippen molar-refractivity contribution in [1.29, 1.82) is 0 Å². The first-order valence-corrected chi connectivity index (χ1v) is 7.96. The van der Waals surface area contributed by atoms with Crippen LogP contribution in [0.4, 0.5) is 0 Å². The number of hydrogen-bond acceptors (Lipinski definition) is 1. The molecule has 0 atom stereocenters. The number of aromatic amines is 1. The van der Waals surface area contributed by atoms with E-state index in [0.29, 0.717) is 0 Å². The van der Waals surface area contributed by atoms with Crippen LogP contribution in [0.5, 0.6) is 0 Å². The van der Waals surface area contributed by atoms with Crippen LogP contribution < -0.4 is 5.56 Å². The second-order valence-corrected chi connectivity index (χ2v) is 6.40. The minimum absolute atomic E-state index is 0.0289. The number of hydrogen-bond donors (Lipinski definition) is 1. The molecule has 0 fully saturated rings. The number of benzene rings is 2. The summed E-state index contributed by atoms with van der Waals surface area (Å²) in [4.78, 5) is 12.9. The Morgan fingerprint density at radius 3 is 2.26 bits per heavy atom. The molecule has 0 saturated heterocycles. The molecule has 118 valence electrons. The fourth-order valence-electron chi connectivity index (χ4n) is 2.87. The molecule has 1 aromatic heterocycles. The van der Waals surface area contributed by atoms with E-state index < -0.39 is 0 Å². The summed E-state index contributed by atoms with van der Waals surface area (Å²) in [5, 5.41) is 3.31. The van der Waals surface area contributed by atoms with Gasteiger partial charge in [-0.3, -0.25) is 9.89 Å². The second-order valence-electron chi connectivity index (χ2n) is 6.40. The Balaban J connectivity index is 2.23. The van der Waals surface area contributed by atoms with Crippen LogP contribution in [-0.4, -0.2) is 9.78 Å². The molecule has 23 heavy (non-hydrogen) atoms. The highest BCUT2D eigenvalue weighted by Crippen LogP contribution is 2.26. The van der Waals surface area contributed by atoms with Gasteiger partial charge < -0.3 is 0 Å². The number of aryl methyl sites for hydroxylation is 2. The molecular weight excluding hydrogens is 284 g/mol. The monoisotopic (exact) mass is 306 g/mol. The second kappa shape index (κ2) is 5.92. The lowest BCUT2D eigenvalue weighted by Gasteiger charge is -2.05. The fourth-order valence-corrected chi connectivity index (χ4v) is 2.87. The van der Waals surface area contributed by atoms with E-state index in [9.17, 15) is 4.79 Å². The van der Waals surface area contributed by atoms with Gasteiger partial charge in [-0.05, 0) is 43.0 Å². The predicted octanol–water partition coefficient (Wildman–Crippen LogP) is 4.57. The normalized spacial score (nSPS) is 11.2. The van der Waals surface area contributed by atoms with Gasteiger partial charge in [0.1, 0.15) is 0 Å². The first kappa shape index (κ1) is 15.3. The van der Waals surface area contributed by atoms with E-state index in [2.05, 4.69) is 50.1 Å². The largest absolute Gasteiger partial charge is 0.290 e. The zero-order chi connectivity index (χ0) is 16.6. The summed E-state index contributed by atoms with van der Waals surface area (Å²) in [6.07, 6.45) is 0. The molecular formula is C20H22N2O. The summed E-state index contributed by atoms with van der Waals surface area (Å²) in [7, 11) is 0. The molecule has 3 rings (SSSR count). The molecule has 0 bridgehead atoms. The molecule has 2 aromatic carbocycles. The van der Waals surface area contributed by atoms with Crippen molar-refractivity contribution in [1.82, 2.24) is 9.78 Å². The average Bonchev–Trinajstić information content (AvgIpc) is 2.85. The van der Waals surface area contributed by atoms with Gasteiger partial charge in [0, 0.05) is 5.56 Å². The van der Waals surface area contributed by atoms with Gasteiger partial charge in [0.2, 0.25) is 0 Å². The van der Waals surface area contributed by atoms with Gasteiger partial charge in [-0.25, -0.2) is 4.68 Å². The third kappa shape index (κ3) is 2.87. The van der Waals surface area contributed by atoms with E-state index in [1.807, 2.05) is 31.2 Å². The summed E-state index contributed by atoms with van der Waals surface area (Å²) in [5.74, 6) is 0.154. The van der Waals surface area contributed by atoms with E-state index in [-0.39, 0.29) is 11.5 Å². The van der Waals surface area contributed by atoms with Crippen LogP contribution in [0.25, 0.3) is 16.9 Å². The Morgan fingerprint density at radius 1 is 0.957 bits per heavy atom. The van der Waals surface area contributed by atoms with E-state index in [4.69, 9.17) is 0 Å². The highest BCUT2D eigenvalue weighted by Gasteiger charge is 2.19. The van der Waals surface area contributed by atoms with Crippen LogP contribution >= 0.6 is 0 Å². The van der Waals surface area contributed by atoms with Crippen molar-refractivity contribution in [2.75, 3.05) is 0 Å². The molecule has 0 spiro atoms. The van der Waals surface area contributed by atoms with Crippen molar-refractivity contribution in [3.05, 3.63) is 75.6 Å². The fraction of sp³-hybridized carbons (Fsp3) is 0.250. The zero-order valence-electron chi connectivity index (χ0n) is 14.1. The molecule has 0 aliphatic rings. The van der Waals surface area contributed by atoms with E-state index in [0.717, 1.165) is 28.1 Å². The molecule has 0 unspecified atom stereocenters. The molecule has 0 saturated carbocycles. The summed E-state index contributed by atoms with van der Waals surface area (Å²) < 4.78 is 1.65. The number of H-pyrrole nitrogens is 1. The zero-order valence-corrected chi connectivity index (χ0v) is 14.1. The number of nitrogens with one attached hydrogen (secondary N) is 1. The van der Waals surface area contributed by atoms with Gasteiger partial charge in [0.15, 0.2) is 0 Å². The van der Waals surface area contributed by atoms with Gasteiger partial charge >= 0.3 is 0 Å². The molecule has 1 heterocycles. The number of aromatic nitrogens is 2. The maximum absolute atomic E-state index is 12.9. The van der Waals surface area contributed by atoms with Crippen molar-refractivity contribution in [3.63, 3.8) is 0 Å². The molecule has 1 N–H and O–H groups in total. The summed E-state index contributed by atoms with van der Waals surface area (Å²) >= 11 is 0. The van der Waals surface area contributed by atoms with Crippen molar-refractivity contribution in [2.45, 2.75) is 33.6 Å². The topological polar surface area (TPSA) is 37.8 Å². The molecule has 0 aliphatic carbocycles. The summed E-state index contributed by atoms with van der Waals surface area (Å²) in [6.45, 7) is 8.21. The van der Waals surface area contributed by atoms with Crippen molar-refractivity contribution < 1.29 is 0 Å². The predicted molar refractivity (Wildman–Crippen MR) is 95.4 cm³/mol. The molecule has 3 heteroatoms. The van der Waals surface area contributed by atoms with E-state index >= 15 is 0 Å². The van der Waals surface area contributed by atoms with Crippen LogP contribution in [0.1, 0.15) is 36.5 Å². The average molecular weight is 306 g/mol. The highest BCUT2D eigenvalue weighted by molar-refractivity contribution is 5.64. The molecule has 0 aliphatic heterocycles. The SMILES string of the molecule is Cc1ccc(-c2[nH]n(-c3cccc(C)c3)c(=O)c2C(C)C)cc1. The molecule has 3 nitrogen and oxygen atoms in total. The number of nitrogens with zero attached hydrogens (tertiary/aromatic N) is 1. The lowest BCUT2D eigenvalue weighted by molar-refractivity contribution is 0.825. The molecule has 0 radical (unpaired) electrons. The minimum Gasteiger partial charge on any atom is -0.290 e. The van der Waals surface area contributed by atoms with Crippen LogP contribution in [0, 0.1) is 13.8 Å². The van der Waals surface area contributed by atoms with Crippen molar-refractivity contribution in [3.8, 4) is 16.9 Å². The van der Waals surface area contributed by atoms with Crippen LogP contribution in [0.15, 0.2) is 53.3 Å².